The summed E-state index contributed by atoms with van der Waals surface area (Å²) in [5, 5.41) is 0. The number of unbranched alkanes of at least 4 members (excludes halogenated alkanes) is 22. The van der Waals surface area contributed by atoms with E-state index in [9.17, 15) is 14.4 Å². The summed E-state index contributed by atoms with van der Waals surface area (Å²) in [6.07, 6.45) is 83.3. The molecule has 0 radical (unpaired) electrons. The Hall–Kier alpha value is -4.19. The number of hydrogen-bond acceptors (Lipinski definition) is 6. The predicted octanol–water partition coefficient (Wildman–Crippen LogP) is 20.4. The predicted molar refractivity (Wildman–Crippen MR) is 316 cm³/mol. The molecule has 0 aliphatic carbocycles. The average Bonchev–Trinajstić information content (AvgIpc) is 3.39. The number of carbonyl (C=O) groups is 3. The van der Waals surface area contributed by atoms with Crippen molar-refractivity contribution in [3.05, 3.63) is 122 Å². The summed E-state index contributed by atoms with van der Waals surface area (Å²) in [5.74, 6) is -0.966. The topological polar surface area (TPSA) is 78.9 Å². The van der Waals surface area contributed by atoms with E-state index in [1.54, 1.807) is 0 Å². The van der Waals surface area contributed by atoms with Crippen LogP contribution in [0.1, 0.15) is 265 Å². The molecule has 0 aromatic carbocycles. The van der Waals surface area contributed by atoms with Crippen LogP contribution in [-0.4, -0.2) is 37.2 Å². The Kier molecular flexibility index (Phi) is 56.9. The van der Waals surface area contributed by atoms with Crippen LogP contribution in [0.5, 0.6) is 0 Å². The summed E-state index contributed by atoms with van der Waals surface area (Å²) in [5.41, 5.74) is 0. The van der Waals surface area contributed by atoms with Gasteiger partial charge in [-0.15, -0.1) is 0 Å². The maximum Gasteiger partial charge on any atom is 0.306 e. The van der Waals surface area contributed by atoms with E-state index in [0.717, 1.165) is 135 Å². The largest absolute Gasteiger partial charge is 0.462 e. The van der Waals surface area contributed by atoms with Crippen molar-refractivity contribution in [1.82, 2.24) is 0 Å². The first-order chi connectivity index (χ1) is 36.0. The Morgan fingerprint density at radius 2 is 0.534 bits per heavy atom. The first-order valence-electron chi connectivity index (χ1n) is 30.0. The van der Waals surface area contributed by atoms with Gasteiger partial charge < -0.3 is 14.2 Å². The van der Waals surface area contributed by atoms with Gasteiger partial charge in [0.05, 0.1) is 0 Å². The zero-order valence-electron chi connectivity index (χ0n) is 47.4. The van der Waals surface area contributed by atoms with Crippen LogP contribution < -0.4 is 0 Å². The summed E-state index contributed by atoms with van der Waals surface area (Å²) >= 11 is 0. The van der Waals surface area contributed by atoms with E-state index in [2.05, 4.69) is 142 Å². The van der Waals surface area contributed by atoms with Gasteiger partial charge in [0, 0.05) is 19.3 Å². The van der Waals surface area contributed by atoms with Crippen molar-refractivity contribution < 1.29 is 28.6 Å². The minimum Gasteiger partial charge on any atom is -0.462 e. The second kappa shape index (κ2) is 60.4. The lowest BCUT2D eigenvalue weighted by atomic mass is 10.0. The van der Waals surface area contributed by atoms with E-state index in [-0.39, 0.29) is 37.5 Å². The molecule has 0 aromatic rings. The molecule has 0 fully saturated rings. The number of esters is 3. The molecule has 6 nitrogen and oxygen atoms in total. The van der Waals surface area contributed by atoms with E-state index >= 15 is 0 Å². The molecule has 0 amide bonds. The van der Waals surface area contributed by atoms with Crippen molar-refractivity contribution in [1.29, 1.82) is 0 Å². The number of carbonyl (C=O) groups excluding carboxylic acids is 3. The minimum absolute atomic E-state index is 0.103. The molecule has 414 valence electrons. The first kappa shape index (κ1) is 68.8. The molecule has 0 aliphatic rings. The molecule has 6 heteroatoms. The summed E-state index contributed by atoms with van der Waals surface area (Å²) in [7, 11) is 0. The third kappa shape index (κ3) is 58.6. The number of rotatable bonds is 53. The van der Waals surface area contributed by atoms with Gasteiger partial charge in [-0.1, -0.05) is 258 Å². The van der Waals surface area contributed by atoms with Gasteiger partial charge in [0.1, 0.15) is 13.2 Å². The normalized spacial score (nSPS) is 13.0. The van der Waals surface area contributed by atoms with Gasteiger partial charge >= 0.3 is 17.9 Å². The average molecular weight is 1010 g/mol. The third-order valence-corrected chi connectivity index (χ3v) is 12.5. The second-order valence-electron chi connectivity index (χ2n) is 19.5. The van der Waals surface area contributed by atoms with Crippen LogP contribution in [0.4, 0.5) is 0 Å². The van der Waals surface area contributed by atoms with E-state index < -0.39 is 6.10 Å². The fourth-order valence-corrected chi connectivity index (χ4v) is 8.03. The Morgan fingerprint density at radius 1 is 0.288 bits per heavy atom. The standard InChI is InChI=1S/C67H110O6/c1-4-7-10-13-16-19-22-25-28-31-33-36-39-42-45-48-51-54-57-60-66(69)72-63-64(62-71-65(68)59-56-53-50-47-44-41-38-35-30-27-24-21-18-15-12-9-6-3)73-67(70)61-58-55-52-49-46-43-40-37-34-32-29-26-23-20-17-14-11-8-5-2/h7-8,10-11,16-17,19-20,25-26,28-29,33-34,36-37,42-43,45-46,64H,4-6,9,12-15,18,21-24,27,30-32,35,38-41,44,47-63H2,1-3H3/b10-7-,11-8-,19-16-,20-17-,28-25-,29-26-,36-33-,37-34-,45-42-,46-43-. The van der Waals surface area contributed by atoms with Crippen LogP contribution in [0.25, 0.3) is 0 Å². The lowest BCUT2D eigenvalue weighted by molar-refractivity contribution is -0.167. The Labute approximate surface area is 450 Å². The number of hydrogen-bond donors (Lipinski definition) is 0. The molecule has 0 aliphatic heterocycles. The highest BCUT2D eigenvalue weighted by atomic mass is 16.6. The lowest BCUT2D eigenvalue weighted by Crippen LogP contribution is -2.30. The van der Waals surface area contributed by atoms with Crippen molar-refractivity contribution in [2.75, 3.05) is 13.2 Å². The highest BCUT2D eigenvalue weighted by molar-refractivity contribution is 5.71. The van der Waals surface area contributed by atoms with Crippen LogP contribution in [-0.2, 0) is 28.6 Å². The first-order valence-corrected chi connectivity index (χ1v) is 30.0. The molecule has 73 heavy (non-hydrogen) atoms. The van der Waals surface area contributed by atoms with Gasteiger partial charge in [-0.05, 0) is 109 Å². The molecule has 0 aromatic heterocycles. The number of ether oxygens (including phenoxy) is 3. The highest BCUT2D eigenvalue weighted by Crippen LogP contribution is 2.15. The summed E-state index contributed by atoms with van der Waals surface area (Å²) < 4.78 is 16.9. The van der Waals surface area contributed by atoms with E-state index in [0.29, 0.717) is 12.8 Å². The monoisotopic (exact) mass is 1010 g/mol. The Balaban J connectivity index is 4.52. The molecular formula is C67H110O6. The van der Waals surface area contributed by atoms with Gasteiger partial charge in [-0.3, -0.25) is 14.4 Å². The van der Waals surface area contributed by atoms with Crippen molar-refractivity contribution in [2.45, 2.75) is 271 Å². The molecule has 0 N–H and O–H groups in total. The minimum atomic E-state index is -0.812. The summed E-state index contributed by atoms with van der Waals surface area (Å²) in [4.78, 5) is 38.3. The summed E-state index contributed by atoms with van der Waals surface area (Å²) in [6, 6.07) is 0. The van der Waals surface area contributed by atoms with Crippen LogP contribution in [0, 0.1) is 0 Å². The van der Waals surface area contributed by atoms with Crippen LogP contribution >= 0.6 is 0 Å². The van der Waals surface area contributed by atoms with Gasteiger partial charge in [0.15, 0.2) is 6.10 Å². The van der Waals surface area contributed by atoms with Crippen molar-refractivity contribution in [2.24, 2.45) is 0 Å². The third-order valence-electron chi connectivity index (χ3n) is 12.5. The molecule has 0 saturated heterocycles. The second-order valence-corrected chi connectivity index (χ2v) is 19.5. The highest BCUT2D eigenvalue weighted by Gasteiger charge is 2.19. The molecule has 1 unspecified atom stereocenters. The zero-order valence-corrected chi connectivity index (χ0v) is 47.4. The quantitative estimate of drug-likeness (QED) is 0.0261. The van der Waals surface area contributed by atoms with Crippen molar-refractivity contribution in [3.63, 3.8) is 0 Å². The smallest absolute Gasteiger partial charge is 0.306 e. The SMILES string of the molecule is CC/C=C\C/C=C\C/C=C\C/C=C\C/C=C\CCCCCC(=O)OCC(COC(=O)CCCCCCCCCCCCCCCCCCC)OC(=O)CCCCC/C=C\C/C=C\C/C=C\C/C=C\C/C=C\CC. The van der Waals surface area contributed by atoms with Crippen LogP contribution in [0.3, 0.4) is 0 Å². The molecule has 0 spiro atoms. The zero-order chi connectivity index (χ0) is 52.9. The van der Waals surface area contributed by atoms with Crippen molar-refractivity contribution >= 4 is 17.9 Å². The molecular weight excluding hydrogens is 901 g/mol. The molecule has 0 bridgehead atoms. The van der Waals surface area contributed by atoms with Gasteiger partial charge in [-0.2, -0.15) is 0 Å². The molecule has 0 saturated carbocycles. The van der Waals surface area contributed by atoms with Gasteiger partial charge in [0.2, 0.25) is 0 Å². The van der Waals surface area contributed by atoms with Gasteiger partial charge in [0.25, 0.3) is 0 Å². The summed E-state index contributed by atoms with van der Waals surface area (Å²) in [6.45, 7) is 6.37. The van der Waals surface area contributed by atoms with Gasteiger partial charge in [-0.25, -0.2) is 0 Å². The fraction of sp³-hybridized carbons (Fsp3) is 0.657. The van der Waals surface area contributed by atoms with Crippen LogP contribution in [0.2, 0.25) is 0 Å². The molecule has 0 rings (SSSR count). The fourth-order valence-electron chi connectivity index (χ4n) is 8.03. The molecule has 0 heterocycles. The Morgan fingerprint density at radius 3 is 0.836 bits per heavy atom. The van der Waals surface area contributed by atoms with E-state index in [4.69, 9.17) is 14.2 Å². The van der Waals surface area contributed by atoms with Crippen LogP contribution in [0.15, 0.2) is 122 Å². The maximum absolute atomic E-state index is 12.9. The number of allylic oxidation sites excluding steroid dienone is 20. The molecule has 1 atom stereocenters. The Bertz CT molecular complexity index is 1540. The maximum atomic E-state index is 12.9. The van der Waals surface area contributed by atoms with E-state index in [1.807, 2.05) is 0 Å². The van der Waals surface area contributed by atoms with E-state index in [1.165, 1.54) is 89.9 Å². The lowest BCUT2D eigenvalue weighted by Gasteiger charge is -2.18. The van der Waals surface area contributed by atoms with Crippen molar-refractivity contribution in [3.8, 4) is 0 Å².